The molecule has 9 N–H and O–H groups in total. The maximum atomic E-state index is 12.0. The average Bonchev–Trinajstić information content (AvgIpc) is 2.53. The van der Waals surface area contributed by atoms with Gasteiger partial charge in [0.05, 0.1) is 25.4 Å². The van der Waals surface area contributed by atoms with Crippen molar-refractivity contribution < 1.29 is 39.6 Å². The van der Waals surface area contributed by atoms with Crippen LogP contribution in [0.15, 0.2) is 0 Å². The number of hydrogen-bond donors (Lipinski definition) is 8. The molecule has 0 radical (unpaired) electrons. The van der Waals surface area contributed by atoms with E-state index in [1.165, 1.54) is 6.92 Å². The minimum absolute atomic E-state index is 0.723. The maximum Gasteiger partial charge on any atom is 0.328 e. The van der Waals surface area contributed by atoms with Gasteiger partial charge in [-0.2, -0.15) is 0 Å². The van der Waals surface area contributed by atoms with E-state index >= 15 is 0 Å². The van der Waals surface area contributed by atoms with Crippen LogP contribution in [0.4, 0.5) is 0 Å². The van der Waals surface area contributed by atoms with Gasteiger partial charge in [0.25, 0.3) is 0 Å². The van der Waals surface area contributed by atoms with Gasteiger partial charge >= 0.3 is 5.97 Å². The zero-order valence-corrected chi connectivity index (χ0v) is 13.8. The largest absolute Gasteiger partial charge is 0.480 e. The number of aliphatic hydroxyl groups is 3. The lowest BCUT2D eigenvalue weighted by atomic mass is 10.1. The molecule has 0 aliphatic heterocycles. The highest BCUT2D eigenvalue weighted by atomic mass is 16.4. The van der Waals surface area contributed by atoms with Crippen molar-refractivity contribution in [2.24, 2.45) is 5.73 Å². The van der Waals surface area contributed by atoms with E-state index in [4.69, 9.17) is 15.9 Å². The normalized spacial score (nSPS) is 16.7. The lowest BCUT2D eigenvalue weighted by molar-refractivity contribution is -0.145. The van der Waals surface area contributed by atoms with Crippen LogP contribution in [0, 0.1) is 0 Å². The number of rotatable bonds is 10. The van der Waals surface area contributed by atoms with E-state index in [-0.39, 0.29) is 0 Å². The molecule has 0 rings (SSSR count). The number of aliphatic carboxylic acids is 1. The van der Waals surface area contributed by atoms with Crippen LogP contribution in [0.3, 0.4) is 0 Å². The first-order chi connectivity index (χ1) is 11.5. The molecule has 0 saturated heterocycles. The van der Waals surface area contributed by atoms with Gasteiger partial charge in [-0.05, 0) is 13.8 Å². The van der Waals surface area contributed by atoms with Gasteiger partial charge in [-0.3, -0.25) is 14.4 Å². The van der Waals surface area contributed by atoms with Gasteiger partial charge in [-0.25, -0.2) is 4.79 Å². The van der Waals surface area contributed by atoms with Crippen LogP contribution in [0.1, 0.15) is 13.8 Å². The van der Waals surface area contributed by atoms with Gasteiger partial charge in [0.15, 0.2) is 6.04 Å². The summed E-state index contributed by atoms with van der Waals surface area (Å²) in [4.78, 5) is 46.3. The molecule has 0 aliphatic carbocycles. The molecule has 12 nitrogen and oxygen atoms in total. The van der Waals surface area contributed by atoms with E-state index in [0.717, 1.165) is 6.92 Å². The minimum atomic E-state index is -1.65. The minimum Gasteiger partial charge on any atom is -0.480 e. The molecule has 144 valence electrons. The predicted molar refractivity (Wildman–Crippen MR) is 82.9 cm³/mol. The van der Waals surface area contributed by atoms with Gasteiger partial charge in [0, 0.05) is 0 Å². The lowest BCUT2D eigenvalue weighted by Crippen LogP contribution is -2.59. The maximum absolute atomic E-state index is 12.0. The number of carboxylic acid groups (broad SMARTS) is 1. The van der Waals surface area contributed by atoms with Crippen molar-refractivity contribution in [1.29, 1.82) is 0 Å². The topological polar surface area (TPSA) is 211 Å². The Hall–Kier alpha value is -2.28. The highest BCUT2D eigenvalue weighted by Gasteiger charge is 2.31. The third-order valence-corrected chi connectivity index (χ3v) is 3.09. The number of carboxylic acids is 1. The van der Waals surface area contributed by atoms with Gasteiger partial charge in [0.1, 0.15) is 12.1 Å². The van der Waals surface area contributed by atoms with Crippen molar-refractivity contribution in [2.75, 3.05) is 13.2 Å². The van der Waals surface area contributed by atoms with Crippen LogP contribution >= 0.6 is 0 Å². The third kappa shape index (κ3) is 7.43. The SMILES string of the molecule is CC(N)C(=O)NC(CO)C(=O)NC(CO)C(=O)NC(C(=O)O)C(C)O. The molecule has 12 heteroatoms. The Morgan fingerprint density at radius 2 is 1.28 bits per heavy atom. The molecule has 0 fully saturated rings. The van der Waals surface area contributed by atoms with E-state index in [2.05, 4.69) is 10.6 Å². The molecule has 0 aromatic carbocycles. The molecule has 0 bridgehead atoms. The highest BCUT2D eigenvalue weighted by Crippen LogP contribution is 1.96. The second-order valence-corrected chi connectivity index (χ2v) is 5.34. The Morgan fingerprint density at radius 1 is 0.880 bits per heavy atom. The molecule has 5 unspecified atom stereocenters. The van der Waals surface area contributed by atoms with E-state index in [1.807, 2.05) is 5.32 Å². The molecule has 0 aromatic rings. The number of nitrogens with two attached hydrogens (primary N) is 1. The number of amides is 3. The van der Waals surface area contributed by atoms with Crippen LogP contribution in [-0.4, -0.2) is 87.6 Å². The van der Waals surface area contributed by atoms with Crippen molar-refractivity contribution in [2.45, 2.75) is 44.1 Å². The highest BCUT2D eigenvalue weighted by molar-refractivity contribution is 5.94. The Kier molecular flexibility index (Phi) is 9.59. The zero-order chi connectivity index (χ0) is 19.7. The quantitative estimate of drug-likeness (QED) is 0.187. The molecule has 3 amide bonds. The number of hydrogen-bond acceptors (Lipinski definition) is 8. The predicted octanol–water partition coefficient (Wildman–Crippen LogP) is -4.76. The Balaban J connectivity index is 4.93. The fourth-order valence-corrected chi connectivity index (χ4v) is 1.61. The number of carbonyl (C=O) groups is 4. The average molecular weight is 364 g/mol. The van der Waals surface area contributed by atoms with Gasteiger partial charge in [0.2, 0.25) is 17.7 Å². The van der Waals surface area contributed by atoms with Crippen LogP contribution in [0.2, 0.25) is 0 Å². The molecule has 0 spiro atoms. The number of nitrogens with one attached hydrogen (secondary N) is 3. The van der Waals surface area contributed by atoms with Gasteiger partial charge in [-0.1, -0.05) is 0 Å². The van der Waals surface area contributed by atoms with Crippen LogP contribution < -0.4 is 21.7 Å². The smallest absolute Gasteiger partial charge is 0.328 e. The summed E-state index contributed by atoms with van der Waals surface area (Å²) in [5.41, 5.74) is 5.32. The first-order valence-corrected chi connectivity index (χ1v) is 7.34. The summed E-state index contributed by atoms with van der Waals surface area (Å²) in [5, 5.41) is 42.7. The van der Waals surface area contributed by atoms with E-state index in [9.17, 15) is 29.4 Å². The van der Waals surface area contributed by atoms with E-state index < -0.39 is 67.2 Å². The van der Waals surface area contributed by atoms with Gasteiger partial charge < -0.3 is 42.1 Å². The molecule has 0 saturated carbocycles. The van der Waals surface area contributed by atoms with Crippen molar-refractivity contribution in [3.05, 3.63) is 0 Å². The summed E-state index contributed by atoms with van der Waals surface area (Å²) in [5.74, 6) is -4.29. The van der Waals surface area contributed by atoms with Crippen molar-refractivity contribution in [1.82, 2.24) is 16.0 Å². The second-order valence-electron chi connectivity index (χ2n) is 5.34. The zero-order valence-electron chi connectivity index (χ0n) is 13.8. The molecule has 0 heterocycles. The fourth-order valence-electron chi connectivity index (χ4n) is 1.61. The monoisotopic (exact) mass is 364 g/mol. The number of aliphatic hydroxyl groups excluding tert-OH is 3. The molecular weight excluding hydrogens is 340 g/mol. The number of carbonyl (C=O) groups excluding carboxylic acids is 3. The summed E-state index contributed by atoms with van der Waals surface area (Å²) in [6.07, 6.45) is -1.42. The molecule has 0 aromatic heterocycles. The van der Waals surface area contributed by atoms with Crippen molar-refractivity contribution >= 4 is 23.7 Å². The van der Waals surface area contributed by atoms with Crippen LogP contribution in [-0.2, 0) is 19.2 Å². The summed E-state index contributed by atoms with van der Waals surface area (Å²) in [6, 6.07) is -5.58. The van der Waals surface area contributed by atoms with Crippen LogP contribution in [0.5, 0.6) is 0 Å². The van der Waals surface area contributed by atoms with Crippen molar-refractivity contribution in [3.63, 3.8) is 0 Å². The first-order valence-electron chi connectivity index (χ1n) is 7.34. The fraction of sp³-hybridized carbons (Fsp3) is 0.692. The Morgan fingerprint density at radius 3 is 1.60 bits per heavy atom. The Labute approximate surface area is 143 Å². The molecule has 5 atom stereocenters. The van der Waals surface area contributed by atoms with Crippen molar-refractivity contribution in [3.8, 4) is 0 Å². The molecular formula is C13H24N4O8. The van der Waals surface area contributed by atoms with E-state index in [1.54, 1.807) is 0 Å². The second kappa shape index (κ2) is 10.6. The van der Waals surface area contributed by atoms with Gasteiger partial charge in [-0.15, -0.1) is 0 Å². The summed E-state index contributed by atoms with van der Waals surface area (Å²) in [6.45, 7) is 0.809. The summed E-state index contributed by atoms with van der Waals surface area (Å²) in [7, 11) is 0. The Bertz CT molecular complexity index is 496. The molecule has 25 heavy (non-hydrogen) atoms. The standard InChI is InChI=1S/C13H24N4O8/c1-5(14)10(21)15-7(3-18)11(22)16-8(4-19)12(23)17-9(6(2)20)13(24)25/h5-9,18-20H,3-4,14H2,1-2H3,(H,15,21)(H,16,22)(H,17,23)(H,24,25). The third-order valence-electron chi connectivity index (χ3n) is 3.09. The van der Waals surface area contributed by atoms with Crippen LogP contribution in [0.25, 0.3) is 0 Å². The summed E-state index contributed by atoms with van der Waals surface area (Å²) >= 11 is 0. The van der Waals surface area contributed by atoms with E-state index in [0.29, 0.717) is 0 Å². The summed E-state index contributed by atoms with van der Waals surface area (Å²) < 4.78 is 0. The lowest BCUT2D eigenvalue weighted by Gasteiger charge is -2.23. The molecule has 0 aliphatic rings. The first kappa shape index (κ1) is 22.7.